The largest absolute Gasteiger partial charge is 0.472 e. The van der Waals surface area contributed by atoms with E-state index in [0.29, 0.717) is 6.42 Å². The summed E-state index contributed by atoms with van der Waals surface area (Å²) >= 11 is 0. The third kappa shape index (κ3) is 11.0. The van der Waals surface area contributed by atoms with Gasteiger partial charge in [-0.3, -0.25) is 27.5 Å². The number of fused-ring (bicyclic) bond motifs is 1. The van der Waals surface area contributed by atoms with Crippen molar-refractivity contribution in [1.82, 2.24) is 39.4 Å². The SMILES string of the molecule is C=CCCC(=O)NCc1nc(C(=O)OC2C(COP(=O)(O)O[C@@H]3C[C@H](n4ccc(N)nc4=O)OC3COP(=O)(O)O)OC(n3cnc4c(N)ncnc43)C2O)c(-c2ccc(C#N)cc2)o1. The van der Waals surface area contributed by atoms with Crippen LogP contribution in [-0.2, 0) is 48.3 Å². The van der Waals surface area contributed by atoms with Crippen LogP contribution in [0.5, 0.6) is 0 Å². The normalized spacial score (nSPS) is 22.9. The summed E-state index contributed by atoms with van der Waals surface area (Å²) < 4.78 is 66.2. The van der Waals surface area contributed by atoms with E-state index in [0.717, 1.165) is 10.9 Å². The minimum Gasteiger partial charge on any atom is -0.452 e. The van der Waals surface area contributed by atoms with Crippen molar-refractivity contribution in [1.29, 1.82) is 5.26 Å². The second-order valence-corrected chi connectivity index (χ2v) is 16.8. The molecule has 9 N–H and O–H groups in total. The number of phosphoric ester groups is 2. The third-order valence-corrected chi connectivity index (χ3v) is 11.3. The van der Waals surface area contributed by atoms with Crippen molar-refractivity contribution >= 4 is 50.3 Å². The third-order valence-electron chi connectivity index (χ3n) is 9.79. The monoisotopic (exact) mass is 943 g/mol. The molecule has 7 rings (SSSR count). The van der Waals surface area contributed by atoms with Crippen LogP contribution in [0.1, 0.15) is 53.7 Å². The number of aromatic nitrogens is 7. The van der Waals surface area contributed by atoms with Crippen LogP contribution >= 0.6 is 15.6 Å². The summed E-state index contributed by atoms with van der Waals surface area (Å²) in [6.45, 7) is 1.53. The summed E-state index contributed by atoms with van der Waals surface area (Å²) in [5.74, 6) is -1.96. The maximum atomic E-state index is 14.1. The Morgan fingerprint density at radius 1 is 1.03 bits per heavy atom. The number of aliphatic hydroxyl groups is 1. The second-order valence-electron chi connectivity index (χ2n) is 14.2. The maximum absolute atomic E-state index is 14.1. The van der Waals surface area contributed by atoms with Crippen molar-refractivity contribution < 1.29 is 70.7 Å². The standard InChI is InChI=1S/C36H39N11O16P2/c1-2-3-4-24(48)40-13-25-45-27(30(61-25)19-7-5-18(12-37)6-8-19)35(50)62-31-22(60-34(29(31)49)47-17-43-28-32(39)41-16-42-33(28)47)15-58-65(55,56)63-20-11-26(46-10-9-23(38)44-36(46)51)59-21(20)14-57-64(52,53)54/h2,5-10,16-17,20-22,26,29,31,34,49H,1,3-4,11,13-15H2,(H,40,48)(H,55,56)(H2,38,44,51)(H2,39,41,42)(H2,52,53,54)/t20-,21?,22?,26-,29?,31?,34?/m1/s1. The minimum atomic E-state index is -5.27. The Bertz CT molecular complexity index is 2770. The van der Waals surface area contributed by atoms with Gasteiger partial charge in [0.15, 0.2) is 35.3 Å². The van der Waals surface area contributed by atoms with Gasteiger partial charge in [0.1, 0.15) is 48.3 Å². The van der Waals surface area contributed by atoms with Gasteiger partial charge in [-0.2, -0.15) is 10.2 Å². The number of rotatable bonds is 18. The summed E-state index contributed by atoms with van der Waals surface area (Å²) in [5.41, 5.74) is 11.0. The van der Waals surface area contributed by atoms with Gasteiger partial charge in [0.25, 0.3) is 0 Å². The number of anilines is 2. The van der Waals surface area contributed by atoms with E-state index >= 15 is 0 Å². The molecule has 1 amide bonds. The Morgan fingerprint density at radius 2 is 1.78 bits per heavy atom. The first-order chi connectivity index (χ1) is 30.9. The number of carbonyl (C=O) groups is 2. The van der Waals surface area contributed by atoms with Gasteiger partial charge in [0, 0.05) is 24.6 Å². The van der Waals surface area contributed by atoms with Crippen LogP contribution in [0.3, 0.4) is 0 Å². The summed E-state index contributed by atoms with van der Waals surface area (Å²) in [5, 5.41) is 23.7. The summed E-state index contributed by atoms with van der Waals surface area (Å²) in [6, 6.07) is 9.11. The number of oxazole rings is 1. The van der Waals surface area contributed by atoms with Crippen LogP contribution in [0, 0.1) is 11.3 Å². The highest BCUT2D eigenvalue weighted by Crippen LogP contribution is 2.50. The van der Waals surface area contributed by atoms with Gasteiger partial charge in [-0.1, -0.05) is 6.08 Å². The number of nitrogens with zero attached hydrogens (tertiary/aromatic N) is 8. The van der Waals surface area contributed by atoms with Crippen molar-refractivity contribution in [3.8, 4) is 17.4 Å². The molecule has 0 radical (unpaired) electrons. The number of benzene rings is 1. The zero-order chi connectivity index (χ0) is 46.6. The molecule has 6 unspecified atom stereocenters. The predicted molar refractivity (Wildman–Crippen MR) is 217 cm³/mol. The Hall–Kier alpha value is -6.27. The maximum Gasteiger partial charge on any atom is 0.472 e. The molecule has 2 fully saturated rings. The molecule has 27 nitrogen and oxygen atoms in total. The van der Waals surface area contributed by atoms with Crippen molar-refractivity contribution in [2.45, 2.75) is 68.8 Å². The number of carbonyl (C=O) groups excluding carboxylic acids is 2. The van der Waals surface area contributed by atoms with Gasteiger partial charge in [0.2, 0.25) is 11.8 Å². The van der Waals surface area contributed by atoms with Crippen LogP contribution in [-0.4, -0.2) is 109 Å². The number of imidazole rings is 1. The van der Waals surface area contributed by atoms with E-state index in [-0.39, 0.29) is 70.9 Å². The molecular formula is C36H39N11O16P2. The Labute approximate surface area is 365 Å². The van der Waals surface area contributed by atoms with Crippen molar-refractivity contribution in [3.05, 3.63) is 89.5 Å². The molecule has 5 aromatic rings. The highest BCUT2D eigenvalue weighted by atomic mass is 31.2. The second kappa shape index (κ2) is 19.5. The van der Waals surface area contributed by atoms with Crippen LogP contribution in [0.4, 0.5) is 11.6 Å². The molecule has 2 saturated heterocycles. The predicted octanol–water partition coefficient (Wildman–Crippen LogP) is 0.740. The lowest BCUT2D eigenvalue weighted by Gasteiger charge is -2.23. The molecule has 344 valence electrons. The molecule has 29 heteroatoms. The first kappa shape index (κ1) is 46.7. The lowest BCUT2D eigenvalue weighted by atomic mass is 10.1. The number of nitriles is 1. The minimum absolute atomic E-state index is 0.0170. The fourth-order valence-corrected chi connectivity index (χ4v) is 8.05. The highest BCUT2D eigenvalue weighted by molar-refractivity contribution is 7.47. The van der Waals surface area contributed by atoms with Gasteiger partial charge in [-0.15, -0.1) is 6.58 Å². The first-order valence-electron chi connectivity index (χ1n) is 19.1. The fourth-order valence-electron chi connectivity index (χ4n) is 6.75. The number of hydrogen-bond donors (Lipinski definition) is 7. The molecule has 6 heterocycles. The molecule has 4 aromatic heterocycles. The van der Waals surface area contributed by atoms with Crippen molar-refractivity contribution in [2.75, 3.05) is 24.7 Å². The van der Waals surface area contributed by atoms with Crippen LogP contribution in [0.15, 0.2) is 71.0 Å². The number of amides is 1. The van der Waals surface area contributed by atoms with E-state index in [1.807, 2.05) is 6.07 Å². The molecule has 0 bridgehead atoms. The lowest BCUT2D eigenvalue weighted by Crippen LogP contribution is -2.38. The number of nitrogens with one attached hydrogen (secondary N) is 1. The van der Waals surface area contributed by atoms with Crippen LogP contribution in [0.2, 0.25) is 0 Å². The molecule has 2 aliphatic heterocycles. The number of esters is 1. The van der Waals surface area contributed by atoms with E-state index < -0.39 is 89.2 Å². The summed E-state index contributed by atoms with van der Waals surface area (Å²) in [6.07, 6.45) is -5.55. The van der Waals surface area contributed by atoms with Gasteiger partial charge in [-0.25, -0.2) is 38.7 Å². The molecule has 0 spiro atoms. The van der Waals surface area contributed by atoms with Crippen molar-refractivity contribution in [2.24, 2.45) is 0 Å². The number of nitrogen functional groups attached to an aromatic ring is 2. The Kier molecular flexibility index (Phi) is 14.0. The summed E-state index contributed by atoms with van der Waals surface area (Å²) in [4.78, 5) is 88.8. The van der Waals surface area contributed by atoms with E-state index in [1.54, 1.807) is 6.08 Å². The number of hydrogen-bond acceptors (Lipinski definition) is 21. The van der Waals surface area contributed by atoms with Crippen LogP contribution < -0.4 is 22.5 Å². The molecule has 0 saturated carbocycles. The number of phosphoric acid groups is 2. The fraction of sp³-hybridized carbons (Fsp3) is 0.361. The quantitative estimate of drug-likeness (QED) is 0.0362. The molecule has 65 heavy (non-hydrogen) atoms. The van der Waals surface area contributed by atoms with Crippen molar-refractivity contribution in [3.63, 3.8) is 0 Å². The average molecular weight is 944 g/mol. The number of ether oxygens (including phenoxy) is 3. The van der Waals surface area contributed by atoms with E-state index in [9.17, 15) is 48.6 Å². The first-order valence-corrected chi connectivity index (χ1v) is 22.2. The molecule has 0 aliphatic carbocycles. The van der Waals surface area contributed by atoms with E-state index in [1.165, 1.54) is 47.4 Å². The molecular weight excluding hydrogens is 904 g/mol. The van der Waals surface area contributed by atoms with E-state index in [4.69, 9.17) is 39.1 Å². The van der Waals surface area contributed by atoms with Gasteiger partial charge >= 0.3 is 27.3 Å². The van der Waals surface area contributed by atoms with E-state index in [2.05, 4.69) is 41.3 Å². The lowest BCUT2D eigenvalue weighted by molar-refractivity contribution is -0.121. The van der Waals surface area contributed by atoms with Gasteiger partial charge in [-0.05, 0) is 36.8 Å². The number of nitrogens with two attached hydrogens (primary N) is 2. The Balaban J connectivity index is 1.15. The highest BCUT2D eigenvalue weighted by Gasteiger charge is 2.50. The van der Waals surface area contributed by atoms with Gasteiger partial charge < -0.3 is 55.2 Å². The topological polar surface area (TPSA) is 397 Å². The zero-order valence-corrected chi connectivity index (χ0v) is 35.3. The van der Waals surface area contributed by atoms with Crippen LogP contribution in [0.25, 0.3) is 22.5 Å². The summed E-state index contributed by atoms with van der Waals surface area (Å²) in [7, 11) is -10.4. The number of allylic oxidation sites excluding steroid dienone is 1. The molecule has 8 atom stereocenters. The zero-order valence-electron chi connectivity index (χ0n) is 33.5. The average Bonchev–Trinajstić information content (AvgIpc) is 4.05. The number of aliphatic hydroxyl groups excluding tert-OH is 1. The van der Waals surface area contributed by atoms with Gasteiger partial charge in [0.05, 0.1) is 37.7 Å². The molecule has 1 aromatic carbocycles. The Morgan fingerprint density at radius 3 is 2.49 bits per heavy atom. The molecule has 2 aliphatic rings. The smallest absolute Gasteiger partial charge is 0.452 e.